The summed E-state index contributed by atoms with van der Waals surface area (Å²) in [5.41, 5.74) is 5.54. The zero-order chi connectivity index (χ0) is 18.6. The van der Waals surface area contributed by atoms with Gasteiger partial charge in [0.1, 0.15) is 0 Å². The second kappa shape index (κ2) is 7.78. The molecule has 0 amide bonds. The zero-order valence-corrected chi connectivity index (χ0v) is 15.3. The number of aromatic amines is 1. The minimum atomic E-state index is -0.315. The van der Waals surface area contributed by atoms with Gasteiger partial charge < -0.3 is 9.72 Å². The van der Waals surface area contributed by atoms with Crippen LogP contribution in [-0.4, -0.2) is 23.3 Å². The fourth-order valence-electron chi connectivity index (χ4n) is 3.81. The lowest BCUT2D eigenvalue weighted by Crippen LogP contribution is -2.14. The van der Waals surface area contributed by atoms with Gasteiger partial charge in [-0.05, 0) is 60.9 Å². The molecule has 4 rings (SSSR count). The molecule has 1 N–H and O–H groups in total. The summed E-state index contributed by atoms with van der Waals surface area (Å²) < 4.78 is 5.19. The first kappa shape index (κ1) is 17.5. The molecule has 0 atom stereocenters. The van der Waals surface area contributed by atoms with Crippen LogP contribution >= 0.6 is 0 Å². The van der Waals surface area contributed by atoms with Gasteiger partial charge in [-0.15, -0.1) is 0 Å². The van der Waals surface area contributed by atoms with Crippen molar-refractivity contribution in [1.82, 2.24) is 4.98 Å². The Balaban J connectivity index is 1.24. The van der Waals surface area contributed by atoms with Crippen LogP contribution in [0, 0.1) is 0 Å². The molecule has 1 aliphatic carbocycles. The molecule has 27 heavy (non-hydrogen) atoms. The van der Waals surface area contributed by atoms with Gasteiger partial charge in [-0.25, -0.2) is 0 Å². The molecule has 3 aromatic rings. The third-order valence-electron chi connectivity index (χ3n) is 5.29. The molecule has 138 valence electrons. The fourth-order valence-corrected chi connectivity index (χ4v) is 3.81. The summed E-state index contributed by atoms with van der Waals surface area (Å²) in [7, 11) is 0. The number of hydrogen-bond acceptors (Lipinski definition) is 3. The highest BCUT2D eigenvalue weighted by Crippen LogP contribution is 2.23. The van der Waals surface area contributed by atoms with Gasteiger partial charge in [0.2, 0.25) is 0 Å². The van der Waals surface area contributed by atoms with Gasteiger partial charge in [-0.2, -0.15) is 0 Å². The lowest BCUT2D eigenvalue weighted by Gasteiger charge is -2.06. The van der Waals surface area contributed by atoms with E-state index in [9.17, 15) is 9.59 Å². The quantitative estimate of drug-likeness (QED) is 0.501. The number of aryl methyl sites for hydroxylation is 3. The predicted molar refractivity (Wildman–Crippen MR) is 105 cm³/mol. The van der Waals surface area contributed by atoms with Crippen molar-refractivity contribution < 1.29 is 14.3 Å². The van der Waals surface area contributed by atoms with Crippen molar-refractivity contribution in [3.8, 4) is 0 Å². The molecule has 0 saturated heterocycles. The van der Waals surface area contributed by atoms with Crippen molar-refractivity contribution in [2.75, 3.05) is 6.61 Å². The van der Waals surface area contributed by atoms with E-state index in [0.717, 1.165) is 31.2 Å². The van der Waals surface area contributed by atoms with E-state index in [1.807, 2.05) is 42.6 Å². The highest BCUT2D eigenvalue weighted by Gasteiger charge is 2.15. The highest BCUT2D eigenvalue weighted by atomic mass is 16.5. The molecular weight excluding hydrogens is 338 g/mol. The van der Waals surface area contributed by atoms with E-state index >= 15 is 0 Å². The minimum Gasteiger partial charge on any atom is -0.457 e. The summed E-state index contributed by atoms with van der Waals surface area (Å²) in [6, 6.07) is 14.0. The average Bonchev–Trinajstić information content (AvgIpc) is 3.32. The number of Topliss-reactive ketones (excluding diaryl/α,β-unsaturated/α-hetero) is 1. The van der Waals surface area contributed by atoms with E-state index in [1.165, 1.54) is 22.1 Å². The number of H-pyrrole nitrogens is 1. The van der Waals surface area contributed by atoms with Gasteiger partial charge in [-0.3, -0.25) is 9.59 Å². The van der Waals surface area contributed by atoms with E-state index < -0.39 is 0 Å². The first-order valence-electron chi connectivity index (χ1n) is 9.56. The number of ketones is 1. The van der Waals surface area contributed by atoms with E-state index in [-0.39, 0.29) is 18.4 Å². The third-order valence-corrected chi connectivity index (χ3v) is 5.29. The number of para-hydroxylation sites is 1. The Kier molecular flexibility index (Phi) is 5.05. The standard InChI is InChI=1S/C23H23NO3/c25-22(18-12-11-16-5-3-6-17(16)13-18)15-27-23(26)10-4-7-19-14-24-21-9-2-1-8-20(19)21/h1-2,8-9,11-14,24H,3-7,10,15H2. The maximum atomic E-state index is 12.3. The lowest BCUT2D eigenvalue weighted by atomic mass is 10.0. The van der Waals surface area contributed by atoms with Crippen LogP contribution in [-0.2, 0) is 28.8 Å². The molecule has 0 saturated carbocycles. The number of esters is 1. The molecular formula is C23H23NO3. The van der Waals surface area contributed by atoms with Crippen LogP contribution in [0.5, 0.6) is 0 Å². The van der Waals surface area contributed by atoms with Crippen molar-refractivity contribution in [2.24, 2.45) is 0 Å². The van der Waals surface area contributed by atoms with Crippen LogP contribution in [0.1, 0.15) is 46.3 Å². The molecule has 1 aromatic heterocycles. The first-order valence-corrected chi connectivity index (χ1v) is 9.56. The van der Waals surface area contributed by atoms with E-state index in [0.29, 0.717) is 18.4 Å². The Labute approximate surface area is 158 Å². The number of benzene rings is 2. The van der Waals surface area contributed by atoms with E-state index in [1.54, 1.807) is 0 Å². The Hall–Kier alpha value is -2.88. The van der Waals surface area contributed by atoms with Crippen LogP contribution in [0.4, 0.5) is 0 Å². The third kappa shape index (κ3) is 3.95. The van der Waals surface area contributed by atoms with Gasteiger partial charge in [0.05, 0.1) is 0 Å². The van der Waals surface area contributed by atoms with Crippen LogP contribution in [0.3, 0.4) is 0 Å². The number of fused-ring (bicyclic) bond motifs is 2. The SMILES string of the molecule is O=C(CCCc1c[nH]c2ccccc12)OCC(=O)c1ccc2c(c1)CCC2. The average molecular weight is 361 g/mol. The Morgan fingerprint density at radius 3 is 2.81 bits per heavy atom. The summed E-state index contributed by atoms with van der Waals surface area (Å²) in [4.78, 5) is 27.5. The molecule has 4 nitrogen and oxygen atoms in total. The summed E-state index contributed by atoms with van der Waals surface area (Å²) >= 11 is 0. The van der Waals surface area contributed by atoms with Crippen molar-refractivity contribution in [2.45, 2.75) is 38.5 Å². The first-order chi connectivity index (χ1) is 13.2. The van der Waals surface area contributed by atoms with Crippen molar-refractivity contribution in [3.63, 3.8) is 0 Å². The monoisotopic (exact) mass is 361 g/mol. The van der Waals surface area contributed by atoms with Gasteiger partial charge in [0.25, 0.3) is 0 Å². The number of hydrogen-bond donors (Lipinski definition) is 1. The molecule has 1 heterocycles. The van der Waals surface area contributed by atoms with Crippen LogP contribution in [0.15, 0.2) is 48.7 Å². The van der Waals surface area contributed by atoms with Crippen molar-refractivity contribution in [1.29, 1.82) is 0 Å². The van der Waals surface area contributed by atoms with Gasteiger partial charge in [0, 0.05) is 29.1 Å². The van der Waals surface area contributed by atoms with Crippen molar-refractivity contribution in [3.05, 3.63) is 70.9 Å². The number of ether oxygens (including phenoxy) is 1. The molecule has 2 aromatic carbocycles. The molecule has 4 heteroatoms. The molecule has 0 unspecified atom stereocenters. The van der Waals surface area contributed by atoms with Crippen LogP contribution in [0.25, 0.3) is 10.9 Å². The second-order valence-electron chi connectivity index (χ2n) is 7.13. The normalized spacial score (nSPS) is 12.9. The molecule has 0 bridgehead atoms. The second-order valence-corrected chi connectivity index (χ2v) is 7.13. The Morgan fingerprint density at radius 1 is 1.04 bits per heavy atom. The molecule has 0 aliphatic heterocycles. The molecule has 0 fully saturated rings. The van der Waals surface area contributed by atoms with E-state index in [2.05, 4.69) is 11.1 Å². The van der Waals surface area contributed by atoms with Crippen molar-refractivity contribution >= 4 is 22.7 Å². The number of carbonyl (C=O) groups is 2. The number of carbonyl (C=O) groups excluding carboxylic acids is 2. The Bertz CT molecular complexity index is 986. The summed E-state index contributed by atoms with van der Waals surface area (Å²) in [5.74, 6) is -0.445. The summed E-state index contributed by atoms with van der Waals surface area (Å²) in [6.07, 6.45) is 7.09. The number of nitrogens with one attached hydrogen (secondary N) is 1. The van der Waals surface area contributed by atoms with Gasteiger partial charge in [-0.1, -0.05) is 30.3 Å². The maximum Gasteiger partial charge on any atom is 0.306 e. The van der Waals surface area contributed by atoms with Gasteiger partial charge >= 0.3 is 5.97 Å². The number of rotatable bonds is 7. The zero-order valence-electron chi connectivity index (χ0n) is 15.3. The summed E-state index contributed by atoms with van der Waals surface area (Å²) in [5, 5.41) is 1.19. The smallest absolute Gasteiger partial charge is 0.306 e. The topological polar surface area (TPSA) is 59.2 Å². The molecule has 0 spiro atoms. The van der Waals surface area contributed by atoms with Gasteiger partial charge in [0.15, 0.2) is 12.4 Å². The molecule has 1 aliphatic rings. The maximum absolute atomic E-state index is 12.3. The lowest BCUT2D eigenvalue weighted by molar-refractivity contribution is -0.142. The largest absolute Gasteiger partial charge is 0.457 e. The van der Waals surface area contributed by atoms with Crippen LogP contribution < -0.4 is 0 Å². The number of aromatic nitrogens is 1. The Morgan fingerprint density at radius 2 is 1.89 bits per heavy atom. The summed E-state index contributed by atoms with van der Waals surface area (Å²) in [6.45, 7) is -0.176. The minimum absolute atomic E-state index is 0.130. The predicted octanol–water partition coefficient (Wildman–Crippen LogP) is 4.41. The fraction of sp³-hybridized carbons (Fsp3) is 0.304. The highest BCUT2D eigenvalue weighted by molar-refractivity contribution is 5.98. The van der Waals surface area contributed by atoms with Crippen LogP contribution in [0.2, 0.25) is 0 Å². The van der Waals surface area contributed by atoms with E-state index in [4.69, 9.17) is 4.74 Å². The molecule has 0 radical (unpaired) electrons.